The average Bonchev–Trinajstić information content (AvgIpc) is 3.05. The van der Waals surface area contributed by atoms with Crippen molar-refractivity contribution in [2.24, 2.45) is 0 Å². The summed E-state index contributed by atoms with van der Waals surface area (Å²) in [5.41, 5.74) is 0.970. The number of quaternary nitrogens is 1. The fraction of sp³-hybridized carbons (Fsp3) is 0.632. The average molecular weight is 407 g/mol. The topological polar surface area (TPSA) is 81.0 Å². The second kappa shape index (κ2) is 8.69. The quantitative estimate of drug-likeness (QED) is 0.715. The zero-order chi connectivity index (χ0) is 19.5. The molecule has 0 saturated carbocycles. The van der Waals surface area contributed by atoms with Crippen LogP contribution in [0.2, 0.25) is 0 Å². The predicted octanol–water partition coefficient (Wildman–Crippen LogP) is -0.210. The summed E-state index contributed by atoms with van der Waals surface area (Å²) in [6, 6.07) is 0. The van der Waals surface area contributed by atoms with Crippen LogP contribution in [0.25, 0.3) is 10.2 Å². The van der Waals surface area contributed by atoms with Gasteiger partial charge in [-0.05, 0) is 19.4 Å². The lowest BCUT2D eigenvalue weighted by molar-refractivity contribution is -0.906. The molecule has 2 aliphatic rings. The highest BCUT2D eigenvalue weighted by Gasteiger charge is 2.24. The summed E-state index contributed by atoms with van der Waals surface area (Å²) >= 11 is 1.46. The Morgan fingerprint density at radius 1 is 1.14 bits per heavy atom. The number of hydrogen-bond acceptors (Lipinski definition) is 7. The number of thiophene rings is 1. The third-order valence-electron chi connectivity index (χ3n) is 5.36. The van der Waals surface area contributed by atoms with Gasteiger partial charge in [0, 0.05) is 13.1 Å². The van der Waals surface area contributed by atoms with E-state index in [1.807, 2.05) is 13.8 Å². The molecule has 2 N–H and O–H groups in total. The lowest BCUT2D eigenvalue weighted by Crippen LogP contribution is -3.14. The summed E-state index contributed by atoms with van der Waals surface area (Å²) in [5, 5.41) is 4.09. The minimum absolute atomic E-state index is 0.0151. The highest BCUT2D eigenvalue weighted by molar-refractivity contribution is 7.20. The maximum atomic E-state index is 12.8. The molecule has 4 heterocycles. The van der Waals surface area contributed by atoms with Crippen molar-refractivity contribution in [1.29, 1.82) is 0 Å². The van der Waals surface area contributed by atoms with Crippen LogP contribution in [0.3, 0.4) is 0 Å². The summed E-state index contributed by atoms with van der Waals surface area (Å²) in [6.45, 7) is 12.2. The Morgan fingerprint density at radius 3 is 2.61 bits per heavy atom. The van der Waals surface area contributed by atoms with Crippen molar-refractivity contribution >= 4 is 33.3 Å². The van der Waals surface area contributed by atoms with Crippen LogP contribution >= 0.6 is 11.3 Å². The molecule has 0 aliphatic carbocycles. The van der Waals surface area contributed by atoms with E-state index in [0.29, 0.717) is 19.8 Å². The van der Waals surface area contributed by atoms with Crippen LogP contribution in [0.1, 0.15) is 21.1 Å². The number of nitrogens with one attached hydrogen (secondary N) is 2. The van der Waals surface area contributed by atoms with Gasteiger partial charge in [0.15, 0.2) is 0 Å². The van der Waals surface area contributed by atoms with Crippen molar-refractivity contribution in [2.75, 3.05) is 70.6 Å². The van der Waals surface area contributed by atoms with Crippen molar-refractivity contribution in [3.8, 4) is 0 Å². The molecule has 2 aromatic rings. The van der Waals surface area contributed by atoms with Gasteiger partial charge in [0.2, 0.25) is 0 Å². The molecule has 0 bridgehead atoms. The summed E-state index contributed by atoms with van der Waals surface area (Å²) in [7, 11) is 0. The van der Waals surface area contributed by atoms with Gasteiger partial charge in [0.25, 0.3) is 5.91 Å². The molecule has 9 heteroatoms. The van der Waals surface area contributed by atoms with E-state index in [2.05, 4.69) is 15.2 Å². The van der Waals surface area contributed by atoms with Gasteiger partial charge >= 0.3 is 0 Å². The number of anilines is 1. The highest BCUT2D eigenvalue weighted by Crippen LogP contribution is 2.35. The Bertz CT molecular complexity index is 844. The Kier molecular flexibility index (Phi) is 6.05. The number of morpholine rings is 2. The van der Waals surface area contributed by atoms with E-state index in [1.165, 1.54) is 16.2 Å². The van der Waals surface area contributed by atoms with Crippen LogP contribution in [0.15, 0.2) is 0 Å². The monoisotopic (exact) mass is 406 g/mol. The number of aromatic nitrogens is 2. The molecule has 0 spiro atoms. The molecule has 2 fully saturated rings. The summed E-state index contributed by atoms with van der Waals surface area (Å²) in [4.78, 5) is 27.5. The highest BCUT2D eigenvalue weighted by atomic mass is 32.1. The van der Waals surface area contributed by atoms with Crippen LogP contribution in [0, 0.1) is 13.8 Å². The third-order valence-corrected chi connectivity index (χ3v) is 6.55. The van der Waals surface area contributed by atoms with Crippen LogP contribution in [0.5, 0.6) is 0 Å². The minimum Gasteiger partial charge on any atom is -0.378 e. The van der Waals surface area contributed by atoms with E-state index < -0.39 is 0 Å². The molecule has 28 heavy (non-hydrogen) atoms. The van der Waals surface area contributed by atoms with Gasteiger partial charge in [0.05, 0.1) is 49.8 Å². The van der Waals surface area contributed by atoms with Gasteiger partial charge in [-0.3, -0.25) is 4.79 Å². The minimum atomic E-state index is -0.0151. The molecular weight excluding hydrogens is 378 g/mol. The van der Waals surface area contributed by atoms with Gasteiger partial charge in [-0.15, -0.1) is 11.3 Å². The van der Waals surface area contributed by atoms with Crippen LogP contribution in [0.4, 0.5) is 5.82 Å². The molecule has 4 rings (SSSR count). The van der Waals surface area contributed by atoms with Gasteiger partial charge < -0.3 is 24.6 Å². The number of fused-ring (bicyclic) bond motifs is 1. The number of hydrogen-bond donors (Lipinski definition) is 2. The summed E-state index contributed by atoms with van der Waals surface area (Å²) in [6.07, 6.45) is 0. The van der Waals surface area contributed by atoms with Crippen LogP contribution in [-0.2, 0) is 9.47 Å². The largest absolute Gasteiger partial charge is 0.378 e. The van der Waals surface area contributed by atoms with Gasteiger partial charge in [-0.2, -0.15) is 0 Å². The number of nitrogens with zero attached hydrogens (tertiary/aromatic N) is 3. The predicted molar refractivity (Wildman–Crippen MR) is 109 cm³/mol. The molecule has 2 aliphatic heterocycles. The van der Waals surface area contributed by atoms with Crippen molar-refractivity contribution in [3.05, 3.63) is 16.3 Å². The third kappa shape index (κ3) is 4.12. The Labute approximate surface area is 168 Å². The molecule has 152 valence electrons. The van der Waals surface area contributed by atoms with Gasteiger partial charge in [-0.1, -0.05) is 0 Å². The van der Waals surface area contributed by atoms with E-state index in [4.69, 9.17) is 14.5 Å². The molecular formula is C19H28N5O3S+. The first-order chi connectivity index (χ1) is 13.6. The lowest BCUT2D eigenvalue weighted by Gasteiger charge is -2.28. The van der Waals surface area contributed by atoms with E-state index >= 15 is 0 Å². The number of rotatable bonds is 5. The maximum Gasteiger partial charge on any atom is 0.261 e. The van der Waals surface area contributed by atoms with Crippen molar-refractivity contribution < 1.29 is 19.2 Å². The van der Waals surface area contributed by atoms with E-state index in [0.717, 1.165) is 78.2 Å². The molecule has 8 nitrogen and oxygen atoms in total. The molecule has 0 atom stereocenters. The Hall–Kier alpha value is -1.81. The fourth-order valence-corrected chi connectivity index (χ4v) is 4.92. The Balaban J connectivity index is 1.52. The first-order valence-corrected chi connectivity index (χ1v) is 10.7. The number of carbonyl (C=O) groups is 1. The second-order valence-electron chi connectivity index (χ2n) is 7.30. The zero-order valence-corrected chi connectivity index (χ0v) is 17.4. The molecule has 1 amide bonds. The number of carbonyl (C=O) groups excluding carboxylic acids is 1. The van der Waals surface area contributed by atoms with Crippen LogP contribution in [-0.4, -0.2) is 81.6 Å². The first-order valence-electron chi connectivity index (χ1n) is 9.93. The summed E-state index contributed by atoms with van der Waals surface area (Å²) < 4.78 is 10.9. The zero-order valence-electron chi connectivity index (χ0n) is 16.5. The van der Waals surface area contributed by atoms with Crippen LogP contribution < -0.4 is 15.1 Å². The SMILES string of the molecule is Cc1nc(N2CCOCC2)c2c(C)c(C(=O)NCC[NH+]3CCOCC3)sc2n1. The first kappa shape index (κ1) is 19.5. The number of ether oxygens (including phenoxy) is 2. The van der Waals surface area contributed by atoms with Crippen molar-refractivity contribution in [3.63, 3.8) is 0 Å². The van der Waals surface area contributed by atoms with E-state index in [1.54, 1.807) is 0 Å². The van der Waals surface area contributed by atoms with Crippen molar-refractivity contribution in [1.82, 2.24) is 15.3 Å². The van der Waals surface area contributed by atoms with E-state index in [9.17, 15) is 4.79 Å². The maximum absolute atomic E-state index is 12.8. The lowest BCUT2D eigenvalue weighted by atomic mass is 10.2. The number of aryl methyl sites for hydroxylation is 2. The van der Waals surface area contributed by atoms with E-state index in [-0.39, 0.29) is 5.91 Å². The Morgan fingerprint density at radius 2 is 1.86 bits per heavy atom. The van der Waals surface area contributed by atoms with Gasteiger partial charge in [-0.25, -0.2) is 9.97 Å². The fourth-order valence-electron chi connectivity index (χ4n) is 3.79. The normalized spacial score (nSPS) is 18.6. The molecule has 2 aromatic heterocycles. The summed E-state index contributed by atoms with van der Waals surface area (Å²) in [5.74, 6) is 1.65. The van der Waals surface area contributed by atoms with Gasteiger partial charge in [0.1, 0.15) is 29.6 Å². The van der Waals surface area contributed by atoms with Crippen molar-refractivity contribution in [2.45, 2.75) is 13.8 Å². The molecule has 0 unspecified atom stereocenters. The standard InChI is InChI=1S/C19H27N5O3S/c1-13-15-17(24-7-11-27-12-8-24)21-14(2)22-19(15)28-16(13)18(25)20-3-4-23-5-9-26-10-6-23/h3-12H2,1-2H3,(H,20,25)/p+1. The number of amides is 1. The smallest absolute Gasteiger partial charge is 0.261 e. The molecule has 2 saturated heterocycles. The second-order valence-corrected chi connectivity index (χ2v) is 8.30. The molecule has 0 radical (unpaired) electrons. The molecule has 0 aromatic carbocycles.